The first kappa shape index (κ1) is 13.7. The molecule has 20 heavy (non-hydrogen) atoms. The summed E-state index contributed by atoms with van der Waals surface area (Å²) in [5.74, 6) is -0.593. The molecule has 0 aliphatic carbocycles. The molecule has 1 unspecified atom stereocenters. The van der Waals surface area contributed by atoms with Crippen molar-refractivity contribution in [3.05, 3.63) is 70.3 Å². The lowest BCUT2D eigenvalue weighted by Crippen LogP contribution is -2.20. The molecule has 0 aliphatic heterocycles. The summed E-state index contributed by atoms with van der Waals surface area (Å²) >= 11 is 0. The number of aliphatic hydroxyl groups is 1. The summed E-state index contributed by atoms with van der Waals surface area (Å²) in [6.07, 6.45) is -1.29. The number of hydrogen-bond donors (Lipinski definition) is 2. The molecule has 0 radical (unpaired) electrons. The Balaban J connectivity index is 2.06. The zero-order valence-corrected chi connectivity index (χ0v) is 10.4. The van der Waals surface area contributed by atoms with Crippen LogP contribution in [0.2, 0.25) is 0 Å². The van der Waals surface area contributed by atoms with E-state index in [4.69, 9.17) is 0 Å². The predicted octanol–water partition coefficient (Wildman–Crippen LogP) is 2.27. The number of nitro groups is 1. The number of nitrogens with zero attached hydrogens (tertiary/aromatic N) is 1. The minimum atomic E-state index is -1.29. The molecule has 0 heterocycles. The molecule has 2 aromatic carbocycles. The molecule has 6 nitrogen and oxygen atoms in total. The molecule has 102 valence electrons. The van der Waals surface area contributed by atoms with Crippen LogP contribution in [-0.4, -0.2) is 15.9 Å². The second-order valence-corrected chi connectivity index (χ2v) is 4.11. The van der Waals surface area contributed by atoms with Crippen molar-refractivity contribution in [2.75, 3.05) is 5.32 Å². The van der Waals surface area contributed by atoms with Crippen molar-refractivity contribution in [1.82, 2.24) is 0 Å². The van der Waals surface area contributed by atoms with Crippen molar-refractivity contribution in [3.8, 4) is 0 Å². The van der Waals surface area contributed by atoms with Crippen molar-refractivity contribution >= 4 is 17.3 Å². The van der Waals surface area contributed by atoms with E-state index in [1.54, 1.807) is 30.3 Å². The van der Waals surface area contributed by atoms with Gasteiger partial charge in [-0.15, -0.1) is 0 Å². The number of carbonyl (C=O) groups excluding carboxylic acids is 1. The minimum Gasteiger partial charge on any atom is -0.378 e. The van der Waals surface area contributed by atoms with E-state index in [-0.39, 0.29) is 5.69 Å². The van der Waals surface area contributed by atoms with E-state index in [2.05, 4.69) is 5.32 Å². The van der Waals surface area contributed by atoms with Crippen molar-refractivity contribution in [2.45, 2.75) is 6.10 Å². The zero-order valence-electron chi connectivity index (χ0n) is 10.4. The van der Waals surface area contributed by atoms with Gasteiger partial charge >= 0.3 is 0 Å². The first-order valence-electron chi connectivity index (χ1n) is 5.86. The van der Waals surface area contributed by atoms with Crippen LogP contribution in [0.25, 0.3) is 0 Å². The molecule has 0 saturated carbocycles. The molecular weight excluding hydrogens is 260 g/mol. The van der Waals surface area contributed by atoms with Gasteiger partial charge in [0.15, 0.2) is 6.10 Å². The summed E-state index contributed by atoms with van der Waals surface area (Å²) in [5.41, 5.74) is 0.800. The molecule has 2 N–H and O–H groups in total. The van der Waals surface area contributed by atoms with E-state index >= 15 is 0 Å². The molecule has 2 rings (SSSR count). The number of anilines is 1. The fraction of sp³-hybridized carbons (Fsp3) is 0.0714. The Hall–Kier alpha value is -2.73. The Labute approximate surface area is 114 Å². The lowest BCUT2D eigenvalue weighted by molar-refractivity contribution is -0.384. The van der Waals surface area contributed by atoms with E-state index < -0.39 is 16.9 Å². The Morgan fingerprint density at radius 1 is 1.10 bits per heavy atom. The lowest BCUT2D eigenvalue weighted by atomic mass is 10.1. The number of hydrogen-bond acceptors (Lipinski definition) is 4. The zero-order chi connectivity index (χ0) is 14.5. The normalized spacial score (nSPS) is 11.7. The number of amides is 1. The SMILES string of the molecule is O=C(Nc1ccc([N+](=O)[O-])cc1)C(O)c1ccccc1. The summed E-state index contributed by atoms with van der Waals surface area (Å²) in [6.45, 7) is 0. The highest BCUT2D eigenvalue weighted by Gasteiger charge is 2.17. The van der Waals surface area contributed by atoms with E-state index in [1.807, 2.05) is 0 Å². The second kappa shape index (κ2) is 5.94. The molecule has 0 bridgehead atoms. The van der Waals surface area contributed by atoms with Gasteiger partial charge in [-0.05, 0) is 17.7 Å². The Bertz CT molecular complexity index is 611. The van der Waals surface area contributed by atoms with Crippen LogP contribution < -0.4 is 5.32 Å². The highest BCUT2D eigenvalue weighted by atomic mass is 16.6. The Morgan fingerprint density at radius 2 is 1.70 bits per heavy atom. The topological polar surface area (TPSA) is 92.5 Å². The van der Waals surface area contributed by atoms with Crippen LogP contribution in [-0.2, 0) is 4.79 Å². The molecule has 0 aliphatic rings. The maximum Gasteiger partial charge on any atom is 0.269 e. The number of non-ortho nitro benzene ring substituents is 1. The third-order valence-electron chi connectivity index (χ3n) is 2.71. The summed E-state index contributed by atoms with van der Waals surface area (Å²) in [4.78, 5) is 21.8. The molecule has 0 aromatic heterocycles. The van der Waals surface area contributed by atoms with Crippen LogP contribution >= 0.6 is 0 Å². The summed E-state index contributed by atoms with van der Waals surface area (Å²) < 4.78 is 0. The monoisotopic (exact) mass is 272 g/mol. The first-order chi connectivity index (χ1) is 9.58. The van der Waals surface area contributed by atoms with E-state index in [0.29, 0.717) is 11.3 Å². The highest BCUT2D eigenvalue weighted by molar-refractivity contribution is 5.94. The Kier molecular flexibility index (Phi) is 4.07. The average molecular weight is 272 g/mol. The maximum atomic E-state index is 11.8. The highest BCUT2D eigenvalue weighted by Crippen LogP contribution is 2.18. The largest absolute Gasteiger partial charge is 0.378 e. The molecule has 0 spiro atoms. The van der Waals surface area contributed by atoms with Gasteiger partial charge in [0.1, 0.15) is 0 Å². The van der Waals surface area contributed by atoms with Gasteiger partial charge in [-0.1, -0.05) is 30.3 Å². The standard InChI is InChI=1S/C14H12N2O4/c17-13(10-4-2-1-3-5-10)14(18)15-11-6-8-12(9-7-11)16(19)20/h1-9,13,17H,(H,15,18). The predicted molar refractivity (Wildman–Crippen MR) is 73.1 cm³/mol. The third kappa shape index (κ3) is 3.18. The summed E-state index contributed by atoms with van der Waals surface area (Å²) in [7, 11) is 0. The number of carbonyl (C=O) groups is 1. The van der Waals surface area contributed by atoms with E-state index in [1.165, 1.54) is 24.3 Å². The molecule has 2 aromatic rings. The van der Waals surface area contributed by atoms with Crippen molar-refractivity contribution in [3.63, 3.8) is 0 Å². The first-order valence-corrected chi connectivity index (χ1v) is 5.86. The summed E-state index contributed by atoms with van der Waals surface area (Å²) in [6, 6.07) is 13.9. The van der Waals surface area contributed by atoms with Crippen molar-refractivity contribution < 1.29 is 14.8 Å². The molecule has 1 amide bonds. The number of aliphatic hydroxyl groups excluding tert-OH is 1. The van der Waals surface area contributed by atoms with Crippen molar-refractivity contribution in [2.24, 2.45) is 0 Å². The average Bonchev–Trinajstić information content (AvgIpc) is 2.48. The van der Waals surface area contributed by atoms with Crippen LogP contribution in [0.1, 0.15) is 11.7 Å². The van der Waals surface area contributed by atoms with Crippen LogP contribution in [0.3, 0.4) is 0 Å². The van der Waals surface area contributed by atoms with Gasteiger partial charge < -0.3 is 10.4 Å². The maximum absolute atomic E-state index is 11.8. The smallest absolute Gasteiger partial charge is 0.269 e. The van der Waals surface area contributed by atoms with Crippen LogP contribution in [0.5, 0.6) is 0 Å². The van der Waals surface area contributed by atoms with Gasteiger partial charge in [0.2, 0.25) is 0 Å². The van der Waals surface area contributed by atoms with Gasteiger partial charge in [-0.3, -0.25) is 14.9 Å². The third-order valence-corrected chi connectivity index (χ3v) is 2.71. The van der Waals surface area contributed by atoms with Crippen LogP contribution in [0, 0.1) is 10.1 Å². The van der Waals surface area contributed by atoms with E-state index in [9.17, 15) is 20.0 Å². The van der Waals surface area contributed by atoms with Gasteiger partial charge in [-0.2, -0.15) is 0 Å². The lowest BCUT2D eigenvalue weighted by Gasteiger charge is -2.11. The molecular formula is C14H12N2O4. The van der Waals surface area contributed by atoms with Gasteiger partial charge in [-0.25, -0.2) is 0 Å². The quantitative estimate of drug-likeness (QED) is 0.659. The van der Waals surface area contributed by atoms with Crippen LogP contribution in [0.4, 0.5) is 11.4 Å². The fourth-order valence-electron chi connectivity index (χ4n) is 1.66. The van der Waals surface area contributed by atoms with E-state index in [0.717, 1.165) is 0 Å². The fourth-order valence-corrected chi connectivity index (χ4v) is 1.66. The van der Waals surface area contributed by atoms with Crippen LogP contribution in [0.15, 0.2) is 54.6 Å². The second-order valence-electron chi connectivity index (χ2n) is 4.11. The molecule has 0 fully saturated rings. The molecule has 1 atom stereocenters. The molecule has 6 heteroatoms. The number of benzene rings is 2. The minimum absolute atomic E-state index is 0.0633. The number of nitro benzene ring substituents is 1. The molecule has 0 saturated heterocycles. The Morgan fingerprint density at radius 3 is 2.25 bits per heavy atom. The van der Waals surface area contributed by atoms with Gasteiger partial charge in [0, 0.05) is 17.8 Å². The summed E-state index contributed by atoms with van der Waals surface area (Å²) in [5, 5.41) is 22.9. The number of nitrogens with one attached hydrogen (secondary N) is 1. The van der Waals surface area contributed by atoms with Gasteiger partial charge in [0.05, 0.1) is 4.92 Å². The van der Waals surface area contributed by atoms with Gasteiger partial charge in [0.25, 0.3) is 11.6 Å². The van der Waals surface area contributed by atoms with Crippen molar-refractivity contribution in [1.29, 1.82) is 0 Å². The number of rotatable bonds is 4.